The number of benzene rings is 2. The van der Waals surface area contributed by atoms with Crippen LogP contribution in [0.5, 0.6) is 0 Å². The van der Waals surface area contributed by atoms with E-state index in [1.807, 2.05) is 0 Å². The molecule has 2 aromatic rings. The van der Waals surface area contributed by atoms with E-state index in [0.29, 0.717) is 6.07 Å². The van der Waals surface area contributed by atoms with Crippen molar-refractivity contribution in [1.29, 1.82) is 0 Å². The number of carbonyl (C=O) groups is 2. The van der Waals surface area contributed by atoms with Gasteiger partial charge in [0.2, 0.25) is 0 Å². The first kappa shape index (κ1) is 19.0. The van der Waals surface area contributed by atoms with E-state index in [4.69, 9.17) is 0 Å². The van der Waals surface area contributed by atoms with E-state index in [-0.39, 0.29) is 23.2 Å². The lowest BCUT2D eigenvalue weighted by molar-refractivity contribution is -0.385. The van der Waals surface area contributed by atoms with Crippen LogP contribution < -0.4 is 5.32 Å². The van der Waals surface area contributed by atoms with E-state index >= 15 is 0 Å². The van der Waals surface area contributed by atoms with Crippen LogP contribution in [-0.2, 0) is 16.0 Å². The van der Waals surface area contributed by atoms with Gasteiger partial charge in [0.25, 0.3) is 11.6 Å². The minimum atomic E-state index is -1.28. The zero-order valence-corrected chi connectivity index (χ0v) is 13.6. The van der Waals surface area contributed by atoms with Gasteiger partial charge in [-0.05, 0) is 12.1 Å². The Hall–Kier alpha value is -3.36. The van der Waals surface area contributed by atoms with Crippen molar-refractivity contribution in [3.63, 3.8) is 0 Å². The molecule has 1 N–H and O–H groups in total. The molecule has 0 aliphatic heterocycles. The standard InChI is InChI=1S/C17H14F2N2O5/c1-26-17(23)14(8-10-4-2-3-5-15(10)21(24)25)20-16(22)11-6-12(18)9-13(19)7-11/h2-7,9,14H,8H2,1H3,(H,20,22)/t14-/m0/s1. The number of methoxy groups -OCH3 is 1. The second kappa shape index (κ2) is 8.15. The van der Waals surface area contributed by atoms with Crippen LogP contribution in [0.1, 0.15) is 15.9 Å². The summed E-state index contributed by atoms with van der Waals surface area (Å²) in [5.74, 6) is -3.68. The summed E-state index contributed by atoms with van der Waals surface area (Å²) in [5, 5.41) is 13.4. The highest BCUT2D eigenvalue weighted by molar-refractivity contribution is 5.96. The number of nitrogens with one attached hydrogen (secondary N) is 1. The number of halogens is 2. The molecule has 0 radical (unpaired) electrons. The lowest BCUT2D eigenvalue weighted by atomic mass is 10.0. The van der Waals surface area contributed by atoms with Crippen molar-refractivity contribution in [1.82, 2.24) is 5.32 Å². The summed E-state index contributed by atoms with van der Waals surface area (Å²) in [6.45, 7) is 0. The van der Waals surface area contributed by atoms with Gasteiger partial charge in [0.15, 0.2) is 0 Å². The van der Waals surface area contributed by atoms with Gasteiger partial charge in [0, 0.05) is 29.7 Å². The molecule has 0 aromatic heterocycles. The van der Waals surface area contributed by atoms with Crippen LogP contribution in [0.2, 0.25) is 0 Å². The molecular formula is C17H14F2N2O5. The highest BCUT2D eigenvalue weighted by Crippen LogP contribution is 2.20. The fourth-order valence-electron chi connectivity index (χ4n) is 2.34. The zero-order valence-electron chi connectivity index (χ0n) is 13.6. The fraction of sp³-hybridized carbons (Fsp3) is 0.176. The second-order valence-corrected chi connectivity index (χ2v) is 5.30. The maximum absolute atomic E-state index is 13.3. The van der Waals surface area contributed by atoms with Crippen LogP contribution in [0.15, 0.2) is 42.5 Å². The minimum absolute atomic E-state index is 0.193. The topological polar surface area (TPSA) is 98.5 Å². The van der Waals surface area contributed by atoms with E-state index in [0.717, 1.165) is 19.2 Å². The van der Waals surface area contributed by atoms with Crippen molar-refractivity contribution < 1.29 is 28.0 Å². The molecular weight excluding hydrogens is 350 g/mol. The van der Waals surface area contributed by atoms with Crippen molar-refractivity contribution in [2.45, 2.75) is 12.5 Å². The third kappa shape index (κ3) is 4.59. The van der Waals surface area contributed by atoms with Crippen molar-refractivity contribution in [3.8, 4) is 0 Å². The molecule has 2 aromatic carbocycles. The van der Waals surface area contributed by atoms with Crippen LogP contribution in [0.3, 0.4) is 0 Å². The summed E-state index contributed by atoms with van der Waals surface area (Å²) in [6, 6.07) is 6.62. The summed E-state index contributed by atoms with van der Waals surface area (Å²) < 4.78 is 31.1. The lowest BCUT2D eigenvalue weighted by Gasteiger charge is -2.17. The Balaban J connectivity index is 2.27. The predicted octanol–water partition coefficient (Wildman–Crippen LogP) is 2.39. The van der Waals surface area contributed by atoms with Crippen molar-refractivity contribution in [3.05, 3.63) is 75.3 Å². The normalized spacial score (nSPS) is 11.5. The largest absolute Gasteiger partial charge is 0.467 e. The van der Waals surface area contributed by atoms with Gasteiger partial charge in [-0.1, -0.05) is 18.2 Å². The third-order valence-corrected chi connectivity index (χ3v) is 3.53. The summed E-state index contributed by atoms with van der Waals surface area (Å²) in [4.78, 5) is 34.6. The Bertz CT molecular complexity index is 837. The number of rotatable bonds is 6. The zero-order chi connectivity index (χ0) is 19.3. The molecule has 0 saturated heterocycles. The highest BCUT2D eigenvalue weighted by atomic mass is 19.1. The number of hydrogen-bond donors (Lipinski definition) is 1. The molecule has 1 atom stereocenters. The first-order valence-electron chi connectivity index (χ1n) is 7.39. The van der Waals surface area contributed by atoms with E-state index in [2.05, 4.69) is 10.1 Å². The minimum Gasteiger partial charge on any atom is -0.467 e. The molecule has 0 spiro atoms. The quantitative estimate of drug-likeness (QED) is 0.482. The van der Waals surface area contributed by atoms with Crippen molar-refractivity contribution in [2.75, 3.05) is 7.11 Å². The van der Waals surface area contributed by atoms with E-state index in [1.165, 1.54) is 18.2 Å². The first-order chi connectivity index (χ1) is 12.3. The molecule has 0 unspecified atom stereocenters. The Morgan fingerprint density at radius 2 is 1.81 bits per heavy atom. The first-order valence-corrected chi connectivity index (χ1v) is 7.39. The van der Waals surface area contributed by atoms with Crippen molar-refractivity contribution in [2.24, 2.45) is 0 Å². The molecule has 2 rings (SSSR count). The van der Waals surface area contributed by atoms with Crippen molar-refractivity contribution >= 4 is 17.6 Å². The van der Waals surface area contributed by atoms with E-state index in [1.54, 1.807) is 6.07 Å². The SMILES string of the molecule is COC(=O)[C@H](Cc1ccccc1[N+](=O)[O-])NC(=O)c1cc(F)cc(F)c1. The number of esters is 1. The summed E-state index contributed by atoms with van der Waals surface area (Å²) >= 11 is 0. The molecule has 0 fully saturated rings. The van der Waals surface area contributed by atoms with Crippen LogP contribution >= 0.6 is 0 Å². The number of hydrogen-bond acceptors (Lipinski definition) is 5. The average Bonchev–Trinajstić information content (AvgIpc) is 2.59. The number of nitro benzene ring substituents is 1. The van der Waals surface area contributed by atoms with E-state index < -0.39 is 34.5 Å². The molecule has 0 saturated carbocycles. The Kier molecular flexibility index (Phi) is 5.94. The van der Waals surface area contributed by atoms with Gasteiger partial charge in [0.05, 0.1) is 12.0 Å². The number of amides is 1. The van der Waals surface area contributed by atoms with Crippen LogP contribution in [-0.4, -0.2) is 30.0 Å². The Labute approximate surface area is 146 Å². The predicted molar refractivity (Wildman–Crippen MR) is 86.4 cm³/mol. The summed E-state index contributed by atoms with van der Waals surface area (Å²) in [6.07, 6.45) is -0.229. The molecule has 136 valence electrons. The van der Waals surface area contributed by atoms with Gasteiger partial charge in [-0.25, -0.2) is 13.6 Å². The number of para-hydroxylation sites is 1. The van der Waals surface area contributed by atoms with Gasteiger partial charge in [-0.3, -0.25) is 14.9 Å². The second-order valence-electron chi connectivity index (χ2n) is 5.30. The third-order valence-electron chi connectivity index (χ3n) is 3.53. The summed E-state index contributed by atoms with van der Waals surface area (Å²) in [7, 11) is 1.09. The van der Waals surface area contributed by atoms with Crippen LogP contribution in [0.25, 0.3) is 0 Å². The molecule has 0 heterocycles. The van der Waals surface area contributed by atoms with Gasteiger partial charge >= 0.3 is 5.97 Å². The fourth-order valence-corrected chi connectivity index (χ4v) is 2.34. The molecule has 0 aliphatic carbocycles. The number of carbonyl (C=O) groups excluding carboxylic acids is 2. The molecule has 9 heteroatoms. The van der Waals surface area contributed by atoms with Gasteiger partial charge in [-0.2, -0.15) is 0 Å². The molecule has 26 heavy (non-hydrogen) atoms. The van der Waals surface area contributed by atoms with Gasteiger partial charge < -0.3 is 10.1 Å². The molecule has 7 nitrogen and oxygen atoms in total. The smallest absolute Gasteiger partial charge is 0.328 e. The maximum Gasteiger partial charge on any atom is 0.328 e. The molecule has 1 amide bonds. The number of ether oxygens (including phenoxy) is 1. The highest BCUT2D eigenvalue weighted by Gasteiger charge is 2.26. The van der Waals surface area contributed by atoms with Crippen LogP contribution in [0.4, 0.5) is 14.5 Å². The average molecular weight is 364 g/mol. The Morgan fingerprint density at radius 3 is 2.38 bits per heavy atom. The number of nitro groups is 1. The monoisotopic (exact) mass is 364 g/mol. The molecule has 0 bridgehead atoms. The van der Waals surface area contributed by atoms with E-state index in [9.17, 15) is 28.5 Å². The van der Waals surface area contributed by atoms with Gasteiger partial charge in [-0.15, -0.1) is 0 Å². The molecule has 0 aliphatic rings. The van der Waals surface area contributed by atoms with Gasteiger partial charge in [0.1, 0.15) is 17.7 Å². The van der Waals surface area contributed by atoms with Crippen LogP contribution in [0, 0.1) is 21.7 Å². The maximum atomic E-state index is 13.3. The Morgan fingerprint density at radius 1 is 1.19 bits per heavy atom. The summed E-state index contributed by atoms with van der Waals surface area (Å²) in [5.41, 5.74) is -0.370. The number of nitrogens with zero attached hydrogens (tertiary/aromatic N) is 1. The lowest BCUT2D eigenvalue weighted by Crippen LogP contribution is -2.43.